The van der Waals surface area contributed by atoms with Crippen LogP contribution in [-0.2, 0) is 24.1 Å². The van der Waals surface area contributed by atoms with Crippen molar-refractivity contribution in [3.8, 4) is 5.75 Å². The van der Waals surface area contributed by atoms with Gasteiger partial charge in [-0.2, -0.15) is 0 Å². The van der Waals surface area contributed by atoms with E-state index in [0.29, 0.717) is 25.7 Å². The molecular formula is C21H23NO3. The highest BCUT2D eigenvalue weighted by molar-refractivity contribution is 5.71. The van der Waals surface area contributed by atoms with Gasteiger partial charge in [-0.1, -0.05) is 42.5 Å². The Balaban J connectivity index is 1.36. The average molecular weight is 337 g/mol. The molecule has 1 heterocycles. The van der Waals surface area contributed by atoms with Crippen LogP contribution in [0, 0.1) is 5.92 Å². The molecule has 2 aliphatic rings. The van der Waals surface area contributed by atoms with Crippen molar-refractivity contribution < 1.29 is 14.6 Å². The van der Waals surface area contributed by atoms with E-state index in [2.05, 4.69) is 47.4 Å². The van der Waals surface area contributed by atoms with Gasteiger partial charge in [0.25, 0.3) is 0 Å². The maximum absolute atomic E-state index is 11.0. The topological polar surface area (TPSA) is 49.8 Å². The molecule has 0 radical (unpaired) electrons. The molecule has 4 rings (SSSR count). The summed E-state index contributed by atoms with van der Waals surface area (Å²) in [5, 5.41) is 9.06. The summed E-state index contributed by atoms with van der Waals surface area (Å²) in [6, 6.07) is 17.1. The quantitative estimate of drug-likeness (QED) is 0.881. The van der Waals surface area contributed by atoms with Gasteiger partial charge in [0.1, 0.15) is 5.75 Å². The zero-order valence-electron chi connectivity index (χ0n) is 14.2. The number of benzene rings is 2. The monoisotopic (exact) mass is 337 g/mol. The molecule has 4 nitrogen and oxygen atoms in total. The minimum atomic E-state index is -0.670. The van der Waals surface area contributed by atoms with Crippen LogP contribution < -0.4 is 4.74 Å². The lowest BCUT2D eigenvalue weighted by Crippen LogP contribution is -2.55. The van der Waals surface area contributed by atoms with Crippen molar-refractivity contribution in [3.63, 3.8) is 0 Å². The first-order valence-electron chi connectivity index (χ1n) is 8.95. The van der Waals surface area contributed by atoms with Crippen molar-refractivity contribution >= 4 is 5.97 Å². The van der Waals surface area contributed by atoms with E-state index in [1.54, 1.807) is 0 Å². The number of carboxylic acids is 1. The van der Waals surface area contributed by atoms with Gasteiger partial charge in [0.05, 0.1) is 12.5 Å². The second-order valence-electron chi connectivity index (χ2n) is 7.03. The summed E-state index contributed by atoms with van der Waals surface area (Å²) in [5.41, 5.74) is 3.94. The fourth-order valence-corrected chi connectivity index (χ4v) is 3.88. The molecule has 25 heavy (non-hydrogen) atoms. The number of hydrogen-bond acceptors (Lipinski definition) is 3. The predicted molar refractivity (Wildman–Crippen MR) is 96.0 cm³/mol. The third-order valence-corrected chi connectivity index (χ3v) is 5.39. The van der Waals surface area contributed by atoms with Crippen LogP contribution in [0.5, 0.6) is 5.75 Å². The molecule has 1 aliphatic heterocycles. The SMILES string of the molecule is O=C(O)C1CN(C2Cc3cccc(OCCc4ccccc4)c3C2)C1. The van der Waals surface area contributed by atoms with E-state index in [4.69, 9.17) is 9.84 Å². The lowest BCUT2D eigenvalue weighted by atomic mass is 9.97. The van der Waals surface area contributed by atoms with E-state index in [9.17, 15) is 4.79 Å². The first-order valence-corrected chi connectivity index (χ1v) is 8.95. The van der Waals surface area contributed by atoms with Crippen molar-refractivity contribution in [3.05, 3.63) is 65.2 Å². The number of likely N-dealkylation sites (tertiary alicyclic amines) is 1. The first kappa shape index (κ1) is 16.2. The number of carboxylic acid groups (broad SMARTS) is 1. The van der Waals surface area contributed by atoms with Crippen molar-refractivity contribution in [1.29, 1.82) is 0 Å². The standard InChI is InChI=1S/C21H23NO3/c23-21(24)17-13-22(14-17)18-11-16-7-4-8-20(19(16)12-18)25-10-9-15-5-2-1-3-6-15/h1-8,17-18H,9-14H2,(H,23,24). The second-order valence-corrected chi connectivity index (χ2v) is 7.03. The van der Waals surface area contributed by atoms with Gasteiger partial charge in [-0.3, -0.25) is 9.69 Å². The van der Waals surface area contributed by atoms with Gasteiger partial charge in [-0.25, -0.2) is 0 Å². The summed E-state index contributed by atoms with van der Waals surface area (Å²) < 4.78 is 6.08. The molecule has 1 aliphatic carbocycles. The Morgan fingerprint density at radius 1 is 1.08 bits per heavy atom. The molecule has 1 saturated heterocycles. The smallest absolute Gasteiger partial charge is 0.309 e. The van der Waals surface area contributed by atoms with Gasteiger partial charge in [0.15, 0.2) is 0 Å². The Kier molecular flexibility index (Phi) is 4.45. The van der Waals surface area contributed by atoms with E-state index in [1.165, 1.54) is 16.7 Å². The van der Waals surface area contributed by atoms with E-state index < -0.39 is 5.97 Å². The number of carbonyl (C=O) groups is 1. The van der Waals surface area contributed by atoms with Crippen LogP contribution in [-0.4, -0.2) is 41.7 Å². The molecule has 0 aromatic heterocycles. The van der Waals surface area contributed by atoms with Gasteiger partial charge in [0, 0.05) is 25.6 Å². The van der Waals surface area contributed by atoms with Crippen LogP contribution in [0.2, 0.25) is 0 Å². The summed E-state index contributed by atoms with van der Waals surface area (Å²) >= 11 is 0. The summed E-state index contributed by atoms with van der Waals surface area (Å²) in [5.74, 6) is 0.133. The lowest BCUT2D eigenvalue weighted by Gasteiger charge is -2.41. The minimum absolute atomic E-state index is 0.190. The number of fused-ring (bicyclic) bond motifs is 1. The Hall–Kier alpha value is -2.33. The molecular weight excluding hydrogens is 314 g/mol. The maximum atomic E-state index is 11.0. The summed E-state index contributed by atoms with van der Waals surface area (Å²) in [6.07, 6.45) is 2.86. The zero-order valence-corrected chi connectivity index (χ0v) is 14.2. The molecule has 1 N–H and O–H groups in total. The van der Waals surface area contributed by atoms with Gasteiger partial charge >= 0.3 is 5.97 Å². The molecule has 2 aromatic carbocycles. The maximum Gasteiger partial charge on any atom is 0.309 e. The molecule has 130 valence electrons. The van der Waals surface area contributed by atoms with Crippen LogP contribution in [0.1, 0.15) is 16.7 Å². The molecule has 2 aromatic rings. The summed E-state index contributed by atoms with van der Waals surface area (Å²) in [4.78, 5) is 13.3. The van der Waals surface area contributed by atoms with Crippen molar-refractivity contribution in [1.82, 2.24) is 4.90 Å². The van der Waals surface area contributed by atoms with Crippen molar-refractivity contribution in [2.24, 2.45) is 5.92 Å². The van der Waals surface area contributed by atoms with Crippen LogP contribution in [0.3, 0.4) is 0 Å². The minimum Gasteiger partial charge on any atom is -0.493 e. The number of nitrogens with zero attached hydrogens (tertiary/aromatic N) is 1. The second kappa shape index (κ2) is 6.89. The highest BCUT2D eigenvalue weighted by atomic mass is 16.5. The predicted octanol–water partition coefficient (Wildman–Crippen LogP) is 2.79. The Morgan fingerprint density at radius 2 is 1.88 bits per heavy atom. The molecule has 0 bridgehead atoms. The van der Waals surface area contributed by atoms with Crippen LogP contribution in [0.4, 0.5) is 0 Å². The largest absolute Gasteiger partial charge is 0.493 e. The molecule has 0 spiro atoms. The summed E-state index contributed by atoms with van der Waals surface area (Å²) in [7, 11) is 0. The van der Waals surface area contributed by atoms with E-state index >= 15 is 0 Å². The molecule has 1 unspecified atom stereocenters. The average Bonchev–Trinajstić information content (AvgIpc) is 2.98. The Morgan fingerprint density at radius 3 is 2.64 bits per heavy atom. The highest BCUT2D eigenvalue weighted by Gasteiger charge is 2.39. The molecule has 1 atom stereocenters. The van der Waals surface area contributed by atoms with Gasteiger partial charge in [-0.15, -0.1) is 0 Å². The summed E-state index contributed by atoms with van der Waals surface area (Å²) in [6.45, 7) is 2.03. The lowest BCUT2D eigenvalue weighted by molar-refractivity contribution is -0.148. The number of aliphatic carboxylic acids is 1. The molecule has 0 saturated carbocycles. The van der Waals surface area contributed by atoms with Crippen LogP contribution in [0.15, 0.2) is 48.5 Å². The molecule has 0 amide bonds. The first-order chi connectivity index (χ1) is 12.2. The Labute approximate surface area is 148 Å². The van der Waals surface area contributed by atoms with Crippen molar-refractivity contribution in [2.45, 2.75) is 25.3 Å². The van der Waals surface area contributed by atoms with Crippen molar-refractivity contribution in [2.75, 3.05) is 19.7 Å². The third kappa shape index (κ3) is 3.40. The molecule has 1 fully saturated rings. The fraction of sp³-hybridized carbons (Fsp3) is 0.381. The van der Waals surface area contributed by atoms with E-state index in [-0.39, 0.29) is 5.92 Å². The number of rotatable bonds is 6. The Bertz CT molecular complexity index is 753. The third-order valence-electron chi connectivity index (χ3n) is 5.39. The van der Waals surface area contributed by atoms with Gasteiger partial charge in [0.2, 0.25) is 0 Å². The van der Waals surface area contributed by atoms with Crippen LogP contribution >= 0.6 is 0 Å². The fourth-order valence-electron chi connectivity index (χ4n) is 3.88. The number of ether oxygens (including phenoxy) is 1. The van der Waals surface area contributed by atoms with Gasteiger partial charge in [-0.05, 0) is 35.6 Å². The van der Waals surface area contributed by atoms with Gasteiger partial charge < -0.3 is 9.84 Å². The zero-order chi connectivity index (χ0) is 17.2. The number of hydrogen-bond donors (Lipinski definition) is 1. The normalized spacial score (nSPS) is 20.1. The van der Waals surface area contributed by atoms with Crippen LogP contribution in [0.25, 0.3) is 0 Å². The van der Waals surface area contributed by atoms with E-state index in [1.807, 2.05) is 6.07 Å². The highest BCUT2D eigenvalue weighted by Crippen LogP contribution is 2.35. The van der Waals surface area contributed by atoms with E-state index in [0.717, 1.165) is 25.0 Å². The molecule has 4 heteroatoms.